The van der Waals surface area contributed by atoms with Crippen molar-refractivity contribution in [3.8, 4) is 0 Å². The molecule has 32 heavy (non-hydrogen) atoms. The van der Waals surface area contributed by atoms with Crippen LogP contribution in [0.25, 0.3) is 0 Å². The fraction of sp³-hybridized carbons (Fsp3) is 0.400. The zero-order valence-corrected chi connectivity index (χ0v) is 18.3. The summed E-state index contributed by atoms with van der Waals surface area (Å²) in [5.74, 6) is -0.275. The number of anilines is 1. The van der Waals surface area contributed by atoms with Crippen LogP contribution in [0.4, 0.5) is 10.5 Å². The Balaban J connectivity index is 1.56. The van der Waals surface area contributed by atoms with Crippen molar-refractivity contribution >= 4 is 23.9 Å². The molecule has 0 unspecified atom stereocenters. The van der Waals surface area contributed by atoms with Crippen molar-refractivity contribution in [2.75, 3.05) is 11.9 Å². The molecule has 0 aliphatic heterocycles. The smallest absolute Gasteiger partial charge is 0.319 e. The second-order valence-electron chi connectivity index (χ2n) is 8.01. The summed E-state index contributed by atoms with van der Waals surface area (Å²) >= 11 is 0. The lowest BCUT2D eigenvalue weighted by molar-refractivity contribution is -0.140. The van der Waals surface area contributed by atoms with Crippen LogP contribution in [0.1, 0.15) is 38.2 Å². The average molecular weight is 437 g/mol. The Morgan fingerprint density at radius 3 is 2.41 bits per heavy atom. The lowest BCUT2D eigenvalue weighted by Gasteiger charge is -2.33. The van der Waals surface area contributed by atoms with E-state index in [4.69, 9.17) is 4.74 Å². The van der Waals surface area contributed by atoms with E-state index in [0.717, 1.165) is 31.2 Å². The van der Waals surface area contributed by atoms with E-state index in [0.29, 0.717) is 12.2 Å². The van der Waals surface area contributed by atoms with Gasteiger partial charge in [-0.05, 0) is 37.5 Å². The molecule has 1 aliphatic rings. The van der Waals surface area contributed by atoms with Gasteiger partial charge in [-0.25, -0.2) is 4.79 Å². The molecule has 0 spiro atoms. The first-order valence-electron chi connectivity index (χ1n) is 11.0. The molecule has 1 saturated carbocycles. The SMILES string of the molecule is C[C@@H]([C]=O)N(Cc1ccccc1)C(=O)CO[C@@H]1CCCC[C@H]1NC(=O)Nc1ccccc1. The molecular weight excluding hydrogens is 406 g/mol. The van der Waals surface area contributed by atoms with Crippen molar-refractivity contribution in [2.24, 2.45) is 0 Å². The van der Waals surface area contributed by atoms with Gasteiger partial charge in [0.1, 0.15) is 6.61 Å². The Morgan fingerprint density at radius 2 is 1.72 bits per heavy atom. The molecule has 2 aromatic carbocycles. The van der Waals surface area contributed by atoms with Crippen LogP contribution in [0, 0.1) is 0 Å². The third-order valence-corrected chi connectivity index (χ3v) is 5.63. The van der Waals surface area contributed by atoms with E-state index in [1.165, 1.54) is 4.90 Å². The van der Waals surface area contributed by atoms with Gasteiger partial charge in [-0.15, -0.1) is 0 Å². The second kappa shape index (κ2) is 12.0. The number of nitrogens with zero attached hydrogens (tertiary/aromatic N) is 1. The molecule has 2 aromatic rings. The van der Waals surface area contributed by atoms with Gasteiger partial charge in [0, 0.05) is 12.2 Å². The van der Waals surface area contributed by atoms with Gasteiger partial charge in [0.15, 0.2) is 0 Å². The lowest BCUT2D eigenvalue weighted by Crippen LogP contribution is -2.49. The molecule has 2 N–H and O–H groups in total. The summed E-state index contributed by atoms with van der Waals surface area (Å²) in [6, 6.07) is 17.6. The normalized spacial score (nSPS) is 18.9. The minimum absolute atomic E-state index is 0.151. The topological polar surface area (TPSA) is 87.7 Å². The summed E-state index contributed by atoms with van der Waals surface area (Å²) < 4.78 is 5.96. The summed E-state index contributed by atoms with van der Waals surface area (Å²) in [6.45, 7) is 1.81. The van der Waals surface area contributed by atoms with Crippen molar-refractivity contribution in [2.45, 2.75) is 57.3 Å². The summed E-state index contributed by atoms with van der Waals surface area (Å²) in [6.07, 6.45) is 5.15. The van der Waals surface area contributed by atoms with E-state index in [1.54, 1.807) is 6.92 Å². The number of amides is 3. The standard InChI is InChI=1S/C25H30N3O4/c1-19(17-29)28(16-20-10-4-2-5-11-20)24(30)18-32-23-15-9-8-14-22(23)27-25(31)26-21-12-6-3-7-13-21/h2-7,10-13,19,22-23H,8-9,14-16,18H2,1H3,(H2,26,27,31)/t19-,22+,23+/m0/s1. The summed E-state index contributed by atoms with van der Waals surface area (Å²) in [5, 5.41) is 5.80. The number of carbonyl (C=O) groups is 2. The average Bonchev–Trinajstić information content (AvgIpc) is 2.82. The van der Waals surface area contributed by atoms with E-state index < -0.39 is 6.04 Å². The van der Waals surface area contributed by atoms with E-state index >= 15 is 0 Å². The highest BCUT2D eigenvalue weighted by Gasteiger charge is 2.29. The highest BCUT2D eigenvalue weighted by atomic mass is 16.5. The molecule has 0 aromatic heterocycles. The summed E-state index contributed by atoms with van der Waals surface area (Å²) in [4.78, 5) is 38.0. The largest absolute Gasteiger partial charge is 0.366 e. The van der Waals surface area contributed by atoms with Crippen molar-refractivity contribution in [3.63, 3.8) is 0 Å². The monoisotopic (exact) mass is 436 g/mol. The first-order chi connectivity index (χ1) is 15.6. The molecule has 0 heterocycles. The van der Waals surface area contributed by atoms with Crippen molar-refractivity contribution in [3.05, 3.63) is 66.2 Å². The van der Waals surface area contributed by atoms with Gasteiger partial charge in [0.05, 0.1) is 18.2 Å². The third-order valence-electron chi connectivity index (χ3n) is 5.63. The second-order valence-corrected chi connectivity index (χ2v) is 8.01. The zero-order chi connectivity index (χ0) is 22.8. The highest BCUT2D eigenvalue weighted by Crippen LogP contribution is 2.22. The quantitative estimate of drug-likeness (QED) is 0.628. The Kier molecular flexibility index (Phi) is 8.80. The summed E-state index contributed by atoms with van der Waals surface area (Å²) in [5.41, 5.74) is 1.64. The van der Waals surface area contributed by atoms with Crippen LogP contribution in [-0.2, 0) is 20.9 Å². The Morgan fingerprint density at radius 1 is 1.06 bits per heavy atom. The molecular formula is C25H30N3O4. The molecule has 7 heteroatoms. The van der Waals surface area contributed by atoms with Gasteiger partial charge in [0.2, 0.25) is 12.2 Å². The van der Waals surface area contributed by atoms with Gasteiger partial charge in [0.25, 0.3) is 0 Å². The lowest BCUT2D eigenvalue weighted by atomic mass is 9.92. The minimum Gasteiger partial charge on any atom is -0.366 e. The van der Waals surface area contributed by atoms with Crippen LogP contribution < -0.4 is 10.6 Å². The van der Waals surface area contributed by atoms with Crippen LogP contribution in [0.5, 0.6) is 0 Å². The molecule has 0 saturated heterocycles. The first kappa shape index (κ1) is 23.5. The number of carbonyl (C=O) groups excluding carboxylic acids is 3. The minimum atomic E-state index is -0.678. The fourth-order valence-corrected chi connectivity index (χ4v) is 3.86. The van der Waals surface area contributed by atoms with Crippen molar-refractivity contribution in [1.29, 1.82) is 0 Å². The van der Waals surface area contributed by atoms with E-state index in [1.807, 2.05) is 66.9 Å². The van der Waals surface area contributed by atoms with Gasteiger partial charge >= 0.3 is 6.03 Å². The fourth-order valence-electron chi connectivity index (χ4n) is 3.86. The number of benzene rings is 2. The predicted molar refractivity (Wildman–Crippen MR) is 123 cm³/mol. The number of hydrogen-bond donors (Lipinski definition) is 2. The summed E-state index contributed by atoms with van der Waals surface area (Å²) in [7, 11) is 0. The Bertz CT molecular complexity index is 875. The molecule has 0 bridgehead atoms. The van der Waals surface area contributed by atoms with Crippen LogP contribution >= 0.6 is 0 Å². The maximum absolute atomic E-state index is 12.9. The molecule has 7 nitrogen and oxygen atoms in total. The number of nitrogens with one attached hydrogen (secondary N) is 2. The molecule has 3 amide bonds. The number of para-hydroxylation sites is 1. The van der Waals surface area contributed by atoms with Gasteiger partial charge in [-0.1, -0.05) is 61.4 Å². The third kappa shape index (κ3) is 6.92. The van der Waals surface area contributed by atoms with Crippen molar-refractivity contribution in [1.82, 2.24) is 10.2 Å². The maximum atomic E-state index is 12.9. The number of ether oxygens (including phenoxy) is 1. The van der Waals surface area contributed by atoms with Gasteiger partial charge in [-0.2, -0.15) is 0 Å². The van der Waals surface area contributed by atoms with E-state index in [9.17, 15) is 14.4 Å². The number of rotatable bonds is 9. The zero-order valence-electron chi connectivity index (χ0n) is 18.3. The predicted octanol–water partition coefficient (Wildman–Crippen LogP) is 3.66. The van der Waals surface area contributed by atoms with Gasteiger partial charge < -0.3 is 20.3 Å². The van der Waals surface area contributed by atoms with Gasteiger partial charge in [-0.3, -0.25) is 9.59 Å². The van der Waals surface area contributed by atoms with E-state index in [2.05, 4.69) is 10.6 Å². The molecule has 3 rings (SSSR count). The highest BCUT2D eigenvalue weighted by molar-refractivity contribution is 5.89. The van der Waals surface area contributed by atoms with Crippen LogP contribution in [0.15, 0.2) is 60.7 Å². The maximum Gasteiger partial charge on any atom is 0.319 e. The number of hydrogen-bond acceptors (Lipinski definition) is 4. The molecule has 1 fully saturated rings. The molecule has 1 aliphatic carbocycles. The number of urea groups is 1. The van der Waals surface area contributed by atoms with Crippen LogP contribution in [0.2, 0.25) is 0 Å². The Labute approximate surface area is 189 Å². The Hall–Kier alpha value is -3.19. The molecule has 3 atom stereocenters. The van der Waals surface area contributed by atoms with Crippen LogP contribution in [0.3, 0.4) is 0 Å². The molecule has 1 radical (unpaired) electrons. The molecule has 169 valence electrons. The first-order valence-corrected chi connectivity index (χ1v) is 11.0. The van der Waals surface area contributed by atoms with Crippen molar-refractivity contribution < 1.29 is 19.1 Å². The van der Waals surface area contributed by atoms with E-state index in [-0.39, 0.29) is 30.7 Å². The van der Waals surface area contributed by atoms with Crippen LogP contribution in [-0.4, -0.2) is 47.9 Å².